The minimum atomic E-state index is -4.54. The van der Waals surface area contributed by atoms with Crippen molar-refractivity contribution in [1.29, 1.82) is 0 Å². The number of carbonyl (C=O) groups is 1. The Hall–Kier alpha value is -3.20. The van der Waals surface area contributed by atoms with Crippen molar-refractivity contribution in [3.63, 3.8) is 0 Å². The molecule has 3 aromatic rings. The molecule has 1 N–H and O–H groups in total. The first-order valence-corrected chi connectivity index (χ1v) is 10.6. The van der Waals surface area contributed by atoms with Gasteiger partial charge < -0.3 is 14.6 Å². The van der Waals surface area contributed by atoms with E-state index in [-0.39, 0.29) is 17.7 Å². The average molecular weight is 456 g/mol. The molecule has 33 heavy (non-hydrogen) atoms. The van der Waals surface area contributed by atoms with Crippen LogP contribution in [0.25, 0.3) is 0 Å². The zero-order valence-corrected chi connectivity index (χ0v) is 18.4. The Morgan fingerprint density at radius 3 is 2.48 bits per heavy atom. The number of hydrogen-bond acceptors (Lipinski definition) is 4. The second-order valence-electron chi connectivity index (χ2n) is 9.48. The van der Waals surface area contributed by atoms with Crippen molar-refractivity contribution in [2.45, 2.75) is 50.4 Å². The zero-order chi connectivity index (χ0) is 23.8. The van der Waals surface area contributed by atoms with E-state index in [2.05, 4.69) is 10.2 Å². The predicted molar refractivity (Wildman–Crippen MR) is 115 cm³/mol. The molecule has 0 spiro atoms. The van der Waals surface area contributed by atoms with Gasteiger partial charge in [-0.2, -0.15) is 13.2 Å². The fraction of sp³-hybridized carbons (Fsp3) is 0.375. The number of rotatable bonds is 3. The van der Waals surface area contributed by atoms with Crippen LogP contribution in [-0.2, 0) is 25.2 Å². The van der Waals surface area contributed by atoms with Crippen LogP contribution in [0.2, 0.25) is 0 Å². The Morgan fingerprint density at radius 1 is 1.15 bits per heavy atom. The molecule has 5 rings (SSSR count). The van der Waals surface area contributed by atoms with Crippen LogP contribution in [0.1, 0.15) is 58.2 Å². The molecule has 1 amide bonds. The van der Waals surface area contributed by atoms with Gasteiger partial charge in [-0.1, -0.05) is 12.1 Å². The third-order valence-electron chi connectivity index (χ3n) is 6.71. The zero-order valence-electron chi connectivity index (χ0n) is 18.4. The number of carbonyl (C=O) groups excluding carboxylic acids is 1. The van der Waals surface area contributed by atoms with E-state index < -0.39 is 28.7 Å². The van der Waals surface area contributed by atoms with Gasteiger partial charge in [0.1, 0.15) is 12.2 Å². The summed E-state index contributed by atoms with van der Waals surface area (Å²) in [5, 5.41) is 18.8. The SMILES string of the molecule is Cc1cc2c(c(C(F)(F)F)c1)CN(c1cccc(C3(c4nncn4C)CC(C)(O)C3)c1)C2=O. The number of amides is 1. The van der Waals surface area contributed by atoms with Crippen LogP contribution in [0, 0.1) is 6.92 Å². The summed E-state index contributed by atoms with van der Waals surface area (Å²) in [6.45, 7) is 3.16. The third-order valence-corrected chi connectivity index (χ3v) is 6.71. The molecule has 0 radical (unpaired) electrons. The van der Waals surface area contributed by atoms with Gasteiger partial charge in [-0.15, -0.1) is 10.2 Å². The van der Waals surface area contributed by atoms with Gasteiger partial charge in [0.2, 0.25) is 0 Å². The molecular formula is C24H23F3N4O2. The highest BCUT2D eigenvalue weighted by Crippen LogP contribution is 2.54. The van der Waals surface area contributed by atoms with Crippen LogP contribution >= 0.6 is 0 Å². The van der Waals surface area contributed by atoms with E-state index in [1.165, 1.54) is 11.0 Å². The second-order valence-corrected chi connectivity index (χ2v) is 9.48. The largest absolute Gasteiger partial charge is 0.416 e. The molecule has 6 nitrogen and oxygen atoms in total. The van der Waals surface area contributed by atoms with Crippen molar-refractivity contribution in [3.8, 4) is 0 Å². The molecule has 9 heteroatoms. The lowest BCUT2D eigenvalue weighted by Crippen LogP contribution is -2.54. The molecule has 172 valence electrons. The fourth-order valence-corrected chi connectivity index (χ4v) is 5.44. The number of alkyl halides is 3. The van der Waals surface area contributed by atoms with Gasteiger partial charge in [0, 0.05) is 18.3 Å². The molecule has 2 aromatic carbocycles. The number of aromatic nitrogens is 3. The van der Waals surface area contributed by atoms with Gasteiger partial charge in [-0.25, -0.2) is 0 Å². The van der Waals surface area contributed by atoms with Gasteiger partial charge in [0.25, 0.3) is 5.91 Å². The van der Waals surface area contributed by atoms with Crippen molar-refractivity contribution in [3.05, 3.63) is 76.4 Å². The lowest BCUT2D eigenvalue weighted by molar-refractivity contribution is -0.138. The Labute approximate surface area is 188 Å². The molecule has 0 atom stereocenters. The van der Waals surface area contributed by atoms with Crippen LogP contribution < -0.4 is 4.90 Å². The quantitative estimate of drug-likeness (QED) is 0.643. The molecule has 0 bridgehead atoms. The van der Waals surface area contributed by atoms with Crippen LogP contribution in [0.4, 0.5) is 18.9 Å². The molecule has 1 saturated carbocycles. The maximum atomic E-state index is 13.7. The number of hydrogen-bond donors (Lipinski definition) is 1. The number of aliphatic hydroxyl groups is 1. The Kier molecular flexibility index (Phi) is 4.52. The van der Waals surface area contributed by atoms with Crippen molar-refractivity contribution in [2.75, 3.05) is 4.90 Å². The molecule has 2 aliphatic rings. The van der Waals surface area contributed by atoms with Gasteiger partial charge >= 0.3 is 6.18 Å². The first-order chi connectivity index (χ1) is 15.4. The lowest BCUT2D eigenvalue weighted by Gasteiger charge is -2.51. The molecule has 0 saturated heterocycles. The summed E-state index contributed by atoms with van der Waals surface area (Å²) in [7, 11) is 1.83. The van der Waals surface area contributed by atoms with E-state index in [0.717, 1.165) is 11.6 Å². The van der Waals surface area contributed by atoms with E-state index in [1.807, 2.05) is 19.2 Å². The van der Waals surface area contributed by atoms with Crippen molar-refractivity contribution < 1.29 is 23.1 Å². The molecule has 1 aromatic heterocycles. The normalized spacial score (nSPS) is 24.7. The average Bonchev–Trinajstić information content (AvgIpc) is 3.28. The highest BCUT2D eigenvalue weighted by atomic mass is 19.4. The Bertz CT molecular complexity index is 1270. The van der Waals surface area contributed by atoms with E-state index in [4.69, 9.17) is 0 Å². The second kappa shape index (κ2) is 6.90. The maximum Gasteiger partial charge on any atom is 0.416 e. The Morgan fingerprint density at radius 2 is 1.88 bits per heavy atom. The number of benzene rings is 2. The monoisotopic (exact) mass is 456 g/mol. The smallest absolute Gasteiger partial charge is 0.390 e. The summed E-state index contributed by atoms with van der Waals surface area (Å²) in [5.74, 6) is 0.238. The maximum absolute atomic E-state index is 13.7. The van der Waals surface area contributed by atoms with Crippen molar-refractivity contribution in [1.82, 2.24) is 14.8 Å². The summed E-state index contributed by atoms with van der Waals surface area (Å²) in [5.41, 5.74) is -0.431. The third kappa shape index (κ3) is 3.33. The minimum Gasteiger partial charge on any atom is -0.390 e. The molecular weight excluding hydrogens is 433 g/mol. The van der Waals surface area contributed by atoms with E-state index in [0.29, 0.717) is 29.9 Å². The van der Waals surface area contributed by atoms with E-state index >= 15 is 0 Å². The number of fused-ring (bicyclic) bond motifs is 1. The molecule has 2 heterocycles. The molecule has 1 aliphatic carbocycles. The standard InChI is InChI=1S/C24H23F3N4O2/c1-14-7-17-18(19(8-14)24(25,26)27)10-31(20(17)32)16-6-4-5-15(9-16)23(11-22(2,33)12-23)21-29-28-13-30(21)3/h4-9,13,33H,10-12H2,1-3H3. The number of halogens is 3. The number of aryl methyl sites for hydroxylation is 2. The molecule has 1 fully saturated rings. The first kappa shape index (κ1) is 21.6. The predicted octanol–water partition coefficient (Wildman–Crippen LogP) is 4.13. The summed E-state index contributed by atoms with van der Waals surface area (Å²) < 4.78 is 42.8. The first-order valence-electron chi connectivity index (χ1n) is 10.6. The summed E-state index contributed by atoms with van der Waals surface area (Å²) in [6, 6.07) is 9.81. The van der Waals surface area contributed by atoms with Gasteiger partial charge in [-0.05, 0) is 67.6 Å². The van der Waals surface area contributed by atoms with E-state index in [1.54, 1.807) is 36.9 Å². The molecule has 1 aliphatic heterocycles. The lowest BCUT2D eigenvalue weighted by atomic mass is 9.56. The minimum absolute atomic E-state index is 0.00176. The van der Waals surface area contributed by atoms with Crippen LogP contribution in [0.5, 0.6) is 0 Å². The van der Waals surface area contributed by atoms with Crippen LogP contribution in [0.15, 0.2) is 42.7 Å². The van der Waals surface area contributed by atoms with Crippen LogP contribution in [-0.4, -0.2) is 31.4 Å². The number of anilines is 1. The highest BCUT2D eigenvalue weighted by Gasteiger charge is 2.55. The number of nitrogens with zero attached hydrogens (tertiary/aromatic N) is 4. The summed E-state index contributed by atoms with van der Waals surface area (Å²) >= 11 is 0. The van der Waals surface area contributed by atoms with Crippen molar-refractivity contribution >= 4 is 11.6 Å². The highest BCUT2D eigenvalue weighted by molar-refractivity contribution is 6.10. The van der Waals surface area contributed by atoms with Gasteiger partial charge in [-0.3, -0.25) is 4.79 Å². The Balaban J connectivity index is 1.57. The molecule has 0 unspecified atom stereocenters. The summed E-state index contributed by atoms with van der Waals surface area (Å²) in [4.78, 5) is 14.5. The summed E-state index contributed by atoms with van der Waals surface area (Å²) in [6.07, 6.45) is -2.11. The van der Waals surface area contributed by atoms with Crippen molar-refractivity contribution in [2.24, 2.45) is 7.05 Å². The fourth-order valence-electron chi connectivity index (χ4n) is 5.44. The van der Waals surface area contributed by atoms with Gasteiger partial charge in [0.05, 0.1) is 23.1 Å². The van der Waals surface area contributed by atoms with E-state index in [9.17, 15) is 23.1 Å². The van der Waals surface area contributed by atoms with Gasteiger partial charge in [0.15, 0.2) is 0 Å². The van der Waals surface area contributed by atoms with Crippen LogP contribution in [0.3, 0.4) is 0 Å². The topological polar surface area (TPSA) is 71.2 Å².